The van der Waals surface area contributed by atoms with Crippen molar-refractivity contribution in [2.75, 3.05) is 0 Å². The Hall–Kier alpha value is -3.73. The third-order valence-electron chi connectivity index (χ3n) is 7.09. The number of phenolic OH excluding ortho intramolecular Hbond substituents is 1. The quantitative estimate of drug-likeness (QED) is 0.283. The van der Waals surface area contributed by atoms with E-state index in [4.69, 9.17) is 0 Å². The summed E-state index contributed by atoms with van der Waals surface area (Å²) >= 11 is 0. The minimum Gasteiger partial charge on any atom is -0.508 e. The number of allylic oxidation sites excluding steroid dienone is 6. The van der Waals surface area contributed by atoms with Crippen LogP contribution in [-0.4, -0.2) is 45.1 Å². The number of benzene rings is 1. The molecule has 0 spiro atoms. The largest absolute Gasteiger partial charge is 0.573 e. The molecule has 1 fully saturated rings. The molecule has 0 aromatic heterocycles. The summed E-state index contributed by atoms with van der Waals surface area (Å²) in [5.41, 5.74) is 0.501. The summed E-state index contributed by atoms with van der Waals surface area (Å²) in [6.07, 6.45) is -2.29. The molecule has 11 heteroatoms. The molecule has 8 nitrogen and oxygen atoms in total. The van der Waals surface area contributed by atoms with Crippen molar-refractivity contribution in [3.63, 3.8) is 0 Å². The van der Waals surface area contributed by atoms with Gasteiger partial charge in [-0.2, -0.15) is 5.06 Å². The first kappa shape index (κ1) is 23.0. The number of nitrogens with zero attached hydrogens (tertiary/aromatic N) is 1. The average Bonchev–Trinajstić information content (AvgIpc) is 3.01. The van der Waals surface area contributed by atoms with Crippen LogP contribution < -0.4 is 4.74 Å². The monoisotopic (exact) mass is 489 g/mol. The number of hydroxylamine groups is 2. The standard InChI is InChI=1S/C24H18F3NO7/c1-9-6-17(30)15-8-13-11(3-4-12-19(13)23(33)28(34)22(12)32)18(20(15)21(9)31)14-7-10(2-5-16(14)29)35-24(25,26)27/h2-3,5-7,12-13,18-19,29,34H,4,8H2,1H3/t12-,13+,18+,19-/m0/s1. The highest BCUT2D eigenvalue weighted by Gasteiger charge is 2.56. The number of hydrogen-bond donors (Lipinski definition) is 2. The van der Waals surface area contributed by atoms with E-state index in [0.717, 1.165) is 24.3 Å². The number of hydrogen-bond acceptors (Lipinski definition) is 7. The van der Waals surface area contributed by atoms with Crippen molar-refractivity contribution >= 4 is 23.4 Å². The van der Waals surface area contributed by atoms with E-state index in [1.807, 2.05) is 0 Å². The number of aromatic hydroxyl groups is 1. The third kappa shape index (κ3) is 3.49. The highest BCUT2D eigenvalue weighted by Crippen LogP contribution is 2.56. The Morgan fingerprint density at radius 1 is 1.09 bits per heavy atom. The zero-order chi connectivity index (χ0) is 25.4. The van der Waals surface area contributed by atoms with Crippen LogP contribution >= 0.6 is 0 Å². The molecule has 35 heavy (non-hydrogen) atoms. The maximum atomic E-state index is 13.2. The molecule has 3 aliphatic carbocycles. The normalized spacial score (nSPS) is 28.4. The van der Waals surface area contributed by atoms with Crippen LogP contribution in [0.5, 0.6) is 11.5 Å². The molecule has 4 aliphatic rings. The predicted molar refractivity (Wildman–Crippen MR) is 110 cm³/mol. The number of carbonyl (C=O) groups is 4. The van der Waals surface area contributed by atoms with Gasteiger partial charge in [-0.05, 0) is 50.0 Å². The minimum absolute atomic E-state index is 0.00744. The van der Waals surface area contributed by atoms with E-state index < -0.39 is 64.9 Å². The molecular formula is C24H18F3NO7. The maximum absolute atomic E-state index is 13.2. The fourth-order valence-corrected chi connectivity index (χ4v) is 5.66. The van der Waals surface area contributed by atoms with Gasteiger partial charge >= 0.3 is 6.36 Å². The van der Waals surface area contributed by atoms with Crippen LogP contribution in [-0.2, 0) is 19.2 Å². The average molecular weight is 489 g/mol. The van der Waals surface area contributed by atoms with Gasteiger partial charge in [0.1, 0.15) is 11.5 Å². The number of phenols is 1. The van der Waals surface area contributed by atoms with Crippen LogP contribution in [0, 0.1) is 17.8 Å². The predicted octanol–water partition coefficient (Wildman–Crippen LogP) is 3.11. The Bertz CT molecular complexity index is 1310. The first-order chi connectivity index (χ1) is 16.4. The van der Waals surface area contributed by atoms with E-state index in [1.165, 1.54) is 6.92 Å². The third-order valence-corrected chi connectivity index (χ3v) is 7.09. The molecule has 1 saturated heterocycles. The fraction of sp³-hybridized carbons (Fsp3) is 0.333. The molecule has 1 heterocycles. The number of halogens is 3. The van der Waals surface area contributed by atoms with Crippen molar-refractivity contribution in [2.24, 2.45) is 17.8 Å². The SMILES string of the molecule is CC1=CC(=O)C2=C(C1=O)[C@@H](c1cc(OC(F)(F)F)ccc1O)C1=CC[C@@H]3C(=O)N(O)C(=O)[C@@H]3[C@@H]1C2. The Morgan fingerprint density at radius 2 is 1.80 bits per heavy atom. The van der Waals surface area contributed by atoms with Gasteiger partial charge in [-0.25, -0.2) is 0 Å². The number of rotatable bonds is 2. The summed E-state index contributed by atoms with van der Waals surface area (Å²) in [6, 6.07) is 2.85. The molecule has 2 amide bonds. The summed E-state index contributed by atoms with van der Waals surface area (Å²) in [7, 11) is 0. The molecule has 2 N–H and O–H groups in total. The molecular weight excluding hydrogens is 471 g/mol. The van der Waals surface area contributed by atoms with E-state index >= 15 is 0 Å². The van der Waals surface area contributed by atoms with Crippen LogP contribution in [0.25, 0.3) is 0 Å². The van der Waals surface area contributed by atoms with Crippen molar-refractivity contribution in [3.8, 4) is 11.5 Å². The van der Waals surface area contributed by atoms with Gasteiger partial charge in [0.15, 0.2) is 11.6 Å². The zero-order valence-electron chi connectivity index (χ0n) is 18.1. The first-order valence-electron chi connectivity index (χ1n) is 10.7. The molecule has 0 radical (unpaired) electrons. The van der Waals surface area contributed by atoms with Crippen molar-refractivity contribution in [2.45, 2.75) is 32.0 Å². The van der Waals surface area contributed by atoms with Gasteiger partial charge in [0.05, 0.1) is 11.8 Å². The van der Waals surface area contributed by atoms with Gasteiger partial charge in [0.25, 0.3) is 11.8 Å². The second kappa shape index (κ2) is 7.64. The van der Waals surface area contributed by atoms with E-state index in [1.54, 1.807) is 6.08 Å². The lowest BCUT2D eigenvalue weighted by molar-refractivity contribution is -0.274. The summed E-state index contributed by atoms with van der Waals surface area (Å²) < 4.78 is 42.6. The second-order valence-electron chi connectivity index (χ2n) is 8.99. The molecule has 0 unspecified atom stereocenters. The Balaban J connectivity index is 1.71. The van der Waals surface area contributed by atoms with Crippen LogP contribution in [0.2, 0.25) is 0 Å². The number of alkyl halides is 3. The summed E-state index contributed by atoms with van der Waals surface area (Å²) in [5, 5.41) is 20.6. The molecule has 1 aromatic rings. The molecule has 182 valence electrons. The smallest absolute Gasteiger partial charge is 0.508 e. The Morgan fingerprint density at radius 3 is 2.49 bits per heavy atom. The molecule has 0 bridgehead atoms. The van der Waals surface area contributed by atoms with Crippen molar-refractivity contribution in [3.05, 3.63) is 58.2 Å². The van der Waals surface area contributed by atoms with Crippen LogP contribution in [0.4, 0.5) is 13.2 Å². The van der Waals surface area contributed by atoms with Crippen LogP contribution in [0.1, 0.15) is 31.2 Å². The number of fused-ring (bicyclic) bond motifs is 3. The number of ether oxygens (including phenoxy) is 1. The van der Waals surface area contributed by atoms with Gasteiger partial charge in [-0.1, -0.05) is 11.6 Å². The zero-order valence-corrected chi connectivity index (χ0v) is 18.1. The number of Topliss-reactive ketones (excluding diaryl/α,β-unsaturated/α-hetero) is 1. The fourth-order valence-electron chi connectivity index (χ4n) is 5.66. The van der Waals surface area contributed by atoms with E-state index in [2.05, 4.69) is 4.74 Å². The highest BCUT2D eigenvalue weighted by atomic mass is 19.4. The highest BCUT2D eigenvalue weighted by molar-refractivity contribution is 6.23. The number of carbonyl (C=O) groups excluding carboxylic acids is 4. The van der Waals surface area contributed by atoms with E-state index in [0.29, 0.717) is 5.57 Å². The van der Waals surface area contributed by atoms with E-state index in [-0.39, 0.29) is 40.2 Å². The molecule has 0 saturated carbocycles. The summed E-state index contributed by atoms with van der Waals surface area (Å²) in [5.74, 6) is -7.55. The maximum Gasteiger partial charge on any atom is 0.573 e. The number of imide groups is 1. The number of amides is 2. The second-order valence-corrected chi connectivity index (χ2v) is 8.99. The molecule has 1 aliphatic heterocycles. The Labute approximate surface area is 195 Å². The molecule has 1 aromatic carbocycles. The minimum atomic E-state index is -5.01. The summed E-state index contributed by atoms with van der Waals surface area (Å²) in [4.78, 5) is 51.2. The van der Waals surface area contributed by atoms with Crippen LogP contribution in [0.15, 0.2) is 52.6 Å². The summed E-state index contributed by atoms with van der Waals surface area (Å²) in [6.45, 7) is 1.43. The van der Waals surface area contributed by atoms with Gasteiger partial charge in [0.2, 0.25) is 0 Å². The van der Waals surface area contributed by atoms with Crippen LogP contribution in [0.3, 0.4) is 0 Å². The van der Waals surface area contributed by atoms with Crippen molar-refractivity contribution in [1.29, 1.82) is 0 Å². The van der Waals surface area contributed by atoms with Gasteiger partial charge in [0, 0.05) is 28.2 Å². The van der Waals surface area contributed by atoms with Gasteiger partial charge < -0.3 is 9.84 Å². The number of ketones is 2. The van der Waals surface area contributed by atoms with Gasteiger partial charge in [-0.3, -0.25) is 24.4 Å². The lowest BCUT2D eigenvalue weighted by atomic mass is 9.59. The Kier molecular flexibility index (Phi) is 5.03. The molecule has 4 atom stereocenters. The lowest BCUT2D eigenvalue weighted by Gasteiger charge is -2.42. The van der Waals surface area contributed by atoms with E-state index in [9.17, 15) is 42.7 Å². The van der Waals surface area contributed by atoms with Crippen molar-refractivity contribution < 1.29 is 47.4 Å². The van der Waals surface area contributed by atoms with Gasteiger partial charge in [-0.15, -0.1) is 13.2 Å². The topological polar surface area (TPSA) is 121 Å². The lowest BCUT2D eigenvalue weighted by Crippen LogP contribution is -2.39. The van der Waals surface area contributed by atoms with Crippen molar-refractivity contribution in [1.82, 2.24) is 5.06 Å². The first-order valence-corrected chi connectivity index (χ1v) is 10.7. The molecule has 5 rings (SSSR count).